The lowest BCUT2D eigenvalue weighted by molar-refractivity contribution is 0.330. The maximum Gasteiger partial charge on any atom is 0.161 e. The third-order valence-electron chi connectivity index (χ3n) is 1.09. The van der Waals surface area contributed by atoms with E-state index >= 15 is 0 Å². The van der Waals surface area contributed by atoms with Gasteiger partial charge in [-0.2, -0.15) is 0 Å². The topological polar surface area (TPSA) is 9.23 Å². The summed E-state index contributed by atoms with van der Waals surface area (Å²) in [5.41, 5.74) is 0. The molecule has 1 atom stereocenters. The van der Waals surface area contributed by atoms with E-state index in [-0.39, 0.29) is 5.92 Å². The van der Waals surface area contributed by atoms with Crippen molar-refractivity contribution < 1.29 is 4.74 Å². The average Bonchev–Trinajstić information content (AvgIpc) is 2.14. The van der Waals surface area contributed by atoms with Gasteiger partial charge >= 0.3 is 0 Å². The Balaban J connectivity index is 2.47. The Hall–Kier alpha value is -0.550. The van der Waals surface area contributed by atoms with E-state index in [1.165, 1.54) is 0 Å². The Bertz CT molecular complexity index is 145. The largest absolute Gasteiger partial charge is 0.486 e. The van der Waals surface area contributed by atoms with Crippen LogP contribution in [0, 0.1) is 18.3 Å². The van der Waals surface area contributed by atoms with Crippen molar-refractivity contribution in [3.05, 3.63) is 0 Å². The highest BCUT2D eigenvalue weighted by Gasteiger charge is 2.17. The average molecular weight is 126 g/mol. The molecule has 0 aromatic carbocycles. The zero-order chi connectivity index (χ0) is 5.98. The molecule has 0 aromatic rings. The Morgan fingerprint density at radius 3 is 2.88 bits per heavy atom. The summed E-state index contributed by atoms with van der Waals surface area (Å²) in [5, 5.41) is 0.660. The molecule has 1 unspecified atom stereocenters. The van der Waals surface area contributed by atoms with Gasteiger partial charge < -0.3 is 4.74 Å². The highest BCUT2D eigenvalue weighted by Crippen LogP contribution is 2.12. The summed E-state index contributed by atoms with van der Waals surface area (Å²) in [7, 11) is 0. The molecule has 1 fully saturated rings. The van der Waals surface area contributed by atoms with Gasteiger partial charge in [-0.1, -0.05) is 5.92 Å². The van der Waals surface area contributed by atoms with Crippen LogP contribution in [-0.2, 0) is 4.74 Å². The molecule has 2 heteroatoms. The van der Waals surface area contributed by atoms with E-state index in [1.54, 1.807) is 0 Å². The summed E-state index contributed by atoms with van der Waals surface area (Å²) in [6.45, 7) is 0.620. The second-order valence-corrected chi connectivity index (χ2v) is 2.21. The number of hydrogen-bond acceptors (Lipinski definition) is 2. The van der Waals surface area contributed by atoms with Gasteiger partial charge in [-0.05, 0) is 12.2 Å². The number of thiocarbonyl (C=S) groups is 1. The fraction of sp³-hybridized carbons (Fsp3) is 0.500. The van der Waals surface area contributed by atoms with Crippen LogP contribution in [0.4, 0.5) is 0 Å². The lowest BCUT2D eigenvalue weighted by Gasteiger charge is -1.88. The fourth-order valence-corrected chi connectivity index (χ4v) is 0.889. The maximum atomic E-state index is 5.11. The summed E-state index contributed by atoms with van der Waals surface area (Å²) >= 11 is 4.74. The van der Waals surface area contributed by atoms with Crippen LogP contribution in [0.25, 0.3) is 0 Å². The molecule has 1 saturated heterocycles. The maximum absolute atomic E-state index is 5.11. The van der Waals surface area contributed by atoms with Gasteiger partial charge in [0.1, 0.15) is 6.61 Å². The predicted molar refractivity (Wildman–Crippen MR) is 35.5 cm³/mol. The van der Waals surface area contributed by atoms with Crippen molar-refractivity contribution in [2.75, 3.05) is 6.61 Å². The minimum Gasteiger partial charge on any atom is -0.486 e. The van der Waals surface area contributed by atoms with Crippen LogP contribution in [0.3, 0.4) is 0 Å². The van der Waals surface area contributed by atoms with Crippen molar-refractivity contribution in [3.63, 3.8) is 0 Å². The molecular formula is C6H6OS. The molecule has 0 aliphatic carbocycles. The third kappa shape index (κ3) is 0.988. The van der Waals surface area contributed by atoms with Crippen LogP contribution in [0.1, 0.15) is 6.42 Å². The first-order valence-corrected chi connectivity index (χ1v) is 2.85. The SMILES string of the molecule is C#CC1COC(=S)C1. The van der Waals surface area contributed by atoms with Gasteiger partial charge in [-0.15, -0.1) is 6.42 Å². The molecule has 0 spiro atoms. The minimum absolute atomic E-state index is 0.238. The van der Waals surface area contributed by atoms with Gasteiger partial charge in [0.25, 0.3) is 0 Å². The van der Waals surface area contributed by atoms with Crippen LogP contribution in [0.2, 0.25) is 0 Å². The second kappa shape index (κ2) is 2.15. The molecule has 1 heterocycles. The van der Waals surface area contributed by atoms with Crippen LogP contribution in [-0.4, -0.2) is 11.7 Å². The zero-order valence-electron chi connectivity index (χ0n) is 4.39. The molecule has 0 amide bonds. The van der Waals surface area contributed by atoms with Crippen molar-refractivity contribution in [1.29, 1.82) is 0 Å². The summed E-state index contributed by atoms with van der Waals surface area (Å²) in [6.07, 6.45) is 5.88. The molecule has 0 aromatic heterocycles. The molecule has 1 rings (SSSR count). The highest BCUT2D eigenvalue weighted by molar-refractivity contribution is 7.80. The minimum atomic E-state index is 0.238. The van der Waals surface area contributed by atoms with Crippen molar-refractivity contribution >= 4 is 17.3 Å². The first kappa shape index (κ1) is 5.58. The van der Waals surface area contributed by atoms with Crippen molar-refractivity contribution in [2.24, 2.45) is 5.92 Å². The van der Waals surface area contributed by atoms with E-state index in [4.69, 9.17) is 23.4 Å². The summed E-state index contributed by atoms with van der Waals surface area (Å²) in [5.74, 6) is 2.82. The van der Waals surface area contributed by atoms with Crippen molar-refractivity contribution in [2.45, 2.75) is 6.42 Å². The monoisotopic (exact) mass is 126 g/mol. The summed E-state index contributed by atoms with van der Waals surface area (Å²) < 4.78 is 4.95. The third-order valence-corrected chi connectivity index (χ3v) is 1.38. The van der Waals surface area contributed by atoms with E-state index in [0.29, 0.717) is 11.7 Å². The van der Waals surface area contributed by atoms with Gasteiger partial charge in [-0.3, -0.25) is 0 Å². The zero-order valence-corrected chi connectivity index (χ0v) is 5.20. The van der Waals surface area contributed by atoms with E-state index < -0.39 is 0 Å². The van der Waals surface area contributed by atoms with E-state index in [0.717, 1.165) is 6.42 Å². The number of terminal acetylenes is 1. The van der Waals surface area contributed by atoms with Crippen molar-refractivity contribution in [1.82, 2.24) is 0 Å². The second-order valence-electron chi connectivity index (χ2n) is 1.75. The van der Waals surface area contributed by atoms with Crippen LogP contribution in [0.15, 0.2) is 0 Å². The number of ether oxygens (including phenoxy) is 1. The smallest absolute Gasteiger partial charge is 0.161 e. The van der Waals surface area contributed by atoms with Gasteiger partial charge in [0.05, 0.1) is 5.92 Å². The molecule has 8 heavy (non-hydrogen) atoms. The lowest BCUT2D eigenvalue weighted by atomic mass is 10.1. The predicted octanol–water partition coefficient (Wildman–Crippen LogP) is 0.984. The summed E-state index contributed by atoms with van der Waals surface area (Å²) in [4.78, 5) is 0. The standard InChI is InChI=1S/C6H6OS/c1-2-5-3-6(8)7-4-5/h1,5H,3-4H2. The molecule has 0 bridgehead atoms. The van der Waals surface area contributed by atoms with Crippen LogP contribution >= 0.6 is 12.2 Å². The molecule has 0 radical (unpaired) electrons. The molecule has 1 nitrogen and oxygen atoms in total. The van der Waals surface area contributed by atoms with Crippen molar-refractivity contribution in [3.8, 4) is 12.3 Å². The Morgan fingerprint density at radius 2 is 2.62 bits per heavy atom. The molecule has 1 aliphatic rings. The highest BCUT2D eigenvalue weighted by atomic mass is 32.1. The molecule has 42 valence electrons. The summed E-state index contributed by atoms with van der Waals surface area (Å²) in [6, 6.07) is 0. The van der Waals surface area contributed by atoms with Gasteiger partial charge in [0, 0.05) is 6.42 Å². The quantitative estimate of drug-likeness (QED) is 0.353. The Kier molecular flexibility index (Phi) is 1.50. The Labute approximate surface area is 54.0 Å². The molecule has 0 saturated carbocycles. The van der Waals surface area contributed by atoms with Gasteiger partial charge in [-0.25, -0.2) is 0 Å². The molecule has 1 aliphatic heterocycles. The number of rotatable bonds is 0. The lowest BCUT2D eigenvalue weighted by Crippen LogP contribution is -1.92. The molecule has 0 N–H and O–H groups in total. The first-order chi connectivity index (χ1) is 3.83. The van der Waals surface area contributed by atoms with Crippen LogP contribution in [0.5, 0.6) is 0 Å². The van der Waals surface area contributed by atoms with E-state index in [9.17, 15) is 0 Å². The first-order valence-electron chi connectivity index (χ1n) is 2.44. The van der Waals surface area contributed by atoms with Crippen LogP contribution < -0.4 is 0 Å². The normalized spacial score (nSPS) is 26.9. The van der Waals surface area contributed by atoms with Gasteiger partial charge in [0.15, 0.2) is 5.05 Å². The van der Waals surface area contributed by atoms with E-state index in [1.807, 2.05) is 0 Å². The fourth-order valence-electron chi connectivity index (χ4n) is 0.620. The Morgan fingerprint density at radius 1 is 1.88 bits per heavy atom. The number of hydrogen-bond donors (Lipinski definition) is 0. The van der Waals surface area contributed by atoms with E-state index in [2.05, 4.69) is 5.92 Å². The molecular weight excluding hydrogens is 120 g/mol. The van der Waals surface area contributed by atoms with Gasteiger partial charge in [0.2, 0.25) is 0 Å².